The molecule has 7 rings (SSSR count). The van der Waals surface area contributed by atoms with E-state index in [0.29, 0.717) is 17.8 Å². The molecule has 4 aromatic carbocycles. The first kappa shape index (κ1) is 27.4. The third kappa shape index (κ3) is 3.75. The number of rotatable bonds is 4. The van der Waals surface area contributed by atoms with Crippen LogP contribution in [-0.2, 0) is 7.05 Å². The van der Waals surface area contributed by atoms with Crippen molar-refractivity contribution in [2.75, 3.05) is 0 Å². The Kier molecular flexibility index (Phi) is 6.09. The number of nitriles is 1. The molecule has 0 aliphatic rings. The van der Waals surface area contributed by atoms with Gasteiger partial charge in [0.15, 0.2) is 6.20 Å². The molecule has 214 valence electrons. The second-order valence-electron chi connectivity index (χ2n) is 13.5. The molecule has 0 amide bonds. The highest BCUT2D eigenvalue weighted by molar-refractivity contribution is 6.27. The molecule has 0 saturated carbocycles. The van der Waals surface area contributed by atoms with E-state index in [-0.39, 0.29) is 0 Å². The highest BCUT2D eigenvalue weighted by atomic mass is 15.0. The predicted molar refractivity (Wildman–Crippen MR) is 182 cm³/mol. The molecule has 3 heterocycles. The summed E-state index contributed by atoms with van der Waals surface area (Å²) in [6.45, 7) is 18.3. The zero-order valence-corrected chi connectivity index (χ0v) is 26.8. The average molecular weight is 563 g/mol. The molecule has 3 nitrogen and oxygen atoms in total. The molecule has 43 heavy (non-hydrogen) atoms. The second kappa shape index (κ2) is 9.55. The molecule has 0 aliphatic heterocycles. The number of fused-ring (bicyclic) bond motifs is 5. The van der Waals surface area contributed by atoms with Crippen LogP contribution in [0.15, 0.2) is 60.8 Å². The summed E-state index contributed by atoms with van der Waals surface area (Å²) in [7, 11) is 2.16. The third-order valence-corrected chi connectivity index (χ3v) is 9.83. The fourth-order valence-corrected chi connectivity index (χ4v) is 7.48. The first-order valence-electron chi connectivity index (χ1n) is 15.7. The lowest BCUT2D eigenvalue weighted by atomic mass is 9.81. The van der Waals surface area contributed by atoms with Crippen molar-refractivity contribution in [3.05, 3.63) is 94.2 Å². The lowest BCUT2D eigenvalue weighted by molar-refractivity contribution is -0.643. The van der Waals surface area contributed by atoms with Crippen molar-refractivity contribution in [3.63, 3.8) is 0 Å². The quantitative estimate of drug-likeness (QED) is 0.119. The summed E-state index contributed by atoms with van der Waals surface area (Å²) in [5, 5.41) is 16.2. The van der Waals surface area contributed by atoms with Gasteiger partial charge in [-0.15, -0.1) is 0 Å². The summed E-state index contributed by atoms with van der Waals surface area (Å²) >= 11 is 0. The van der Waals surface area contributed by atoms with Gasteiger partial charge in [-0.25, -0.2) is 4.57 Å². The van der Waals surface area contributed by atoms with Crippen molar-refractivity contribution in [3.8, 4) is 17.2 Å². The largest absolute Gasteiger partial charge is 0.307 e. The maximum absolute atomic E-state index is 10.2. The van der Waals surface area contributed by atoms with Gasteiger partial charge >= 0.3 is 0 Å². The molecule has 3 heteroatoms. The Morgan fingerprint density at radius 2 is 1.47 bits per heavy atom. The highest BCUT2D eigenvalue weighted by Gasteiger charge is 2.27. The van der Waals surface area contributed by atoms with Crippen LogP contribution in [0.25, 0.3) is 60.1 Å². The van der Waals surface area contributed by atoms with Crippen molar-refractivity contribution >= 4 is 49.0 Å². The van der Waals surface area contributed by atoms with E-state index >= 15 is 0 Å². The number of benzene rings is 4. The average Bonchev–Trinajstić information content (AvgIpc) is 3.31. The van der Waals surface area contributed by atoms with E-state index in [0.717, 1.165) is 21.9 Å². The van der Waals surface area contributed by atoms with Crippen LogP contribution in [0.2, 0.25) is 0 Å². The van der Waals surface area contributed by atoms with Gasteiger partial charge in [-0.3, -0.25) is 0 Å². The van der Waals surface area contributed by atoms with Crippen LogP contribution < -0.4 is 4.57 Å². The number of aryl methyl sites for hydroxylation is 3. The van der Waals surface area contributed by atoms with Gasteiger partial charge in [0.25, 0.3) is 0 Å². The van der Waals surface area contributed by atoms with E-state index in [9.17, 15) is 5.26 Å². The molecule has 0 spiro atoms. The van der Waals surface area contributed by atoms with Crippen molar-refractivity contribution in [2.45, 2.75) is 73.1 Å². The summed E-state index contributed by atoms with van der Waals surface area (Å²) in [5.41, 5.74) is 14.9. The SMILES string of the molecule is Cc1cc2c3c(C#N)cccc3n3c4cc(-c5c(C(C)C)cc(C(C)C)cc5C(C)C)cc5cc[n+](C)c(c(c1C)c23)c54. The van der Waals surface area contributed by atoms with E-state index in [1.165, 1.54) is 71.7 Å². The molecular weight excluding hydrogens is 522 g/mol. The van der Waals surface area contributed by atoms with Gasteiger partial charge in [0, 0.05) is 16.8 Å². The molecule has 3 aromatic heterocycles. The maximum Gasteiger partial charge on any atom is 0.224 e. The zero-order chi connectivity index (χ0) is 30.5. The van der Waals surface area contributed by atoms with Gasteiger partial charge in [0.2, 0.25) is 5.52 Å². The fraction of sp³-hybridized carbons (Fsp3) is 0.300. The van der Waals surface area contributed by atoms with Gasteiger partial charge in [-0.2, -0.15) is 5.26 Å². The molecule has 0 radical (unpaired) electrons. The smallest absolute Gasteiger partial charge is 0.224 e. The number of hydrogen-bond donors (Lipinski definition) is 0. The molecule has 0 aliphatic carbocycles. The molecule has 0 saturated heterocycles. The Hall–Kier alpha value is -4.42. The molecule has 0 bridgehead atoms. The molecule has 0 fully saturated rings. The van der Waals surface area contributed by atoms with Crippen LogP contribution >= 0.6 is 0 Å². The summed E-state index contributed by atoms with van der Waals surface area (Å²) in [6.07, 6.45) is 2.21. The number of hydrogen-bond acceptors (Lipinski definition) is 1. The summed E-state index contributed by atoms with van der Waals surface area (Å²) in [5.74, 6) is 1.26. The lowest BCUT2D eigenvalue weighted by Gasteiger charge is -2.24. The van der Waals surface area contributed by atoms with E-state index in [1.54, 1.807) is 0 Å². The molecular formula is C40H40N3+. The Morgan fingerprint density at radius 3 is 2.09 bits per heavy atom. The van der Waals surface area contributed by atoms with E-state index in [4.69, 9.17) is 0 Å². The van der Waals surface area contributed by atoms with Gasteiger partial charge in [-0.1, -0.05) is 59.7 Å². The van der Waals surface area contributed by atoms with Crippen LogP contribution in [0.1, 0.15) is 92.7 Å². The normalized spacial score (nSPS) is 12.4. The zero-order valence-electron chi connectivity index (χ0n) is 26.8. The third-order valence-electron chi connectivity index (χ3n) is 9.83. The summed E-state index contributed by atoms with van der Waals surface area (Å²) in [4.78, 5) is 0. The molecule has 0 N–H and O–H groups in total. The van der Waals surface area contributed by atoms with Crippen molar-refractivity contribution in [1.82, 2.24) is 4.40 Å². The second-order valence-corrected chi connectivity index (χ2v) is 13.5. The number of pyridine rings is 2. The standard InChI is InChI=1S/C40H40N3/c1-21(2)28-17-30(22(3)4)36(31(18-28)23(5)6)29-16-26-13-14-42(9)40-35-25(8)24(7)15-32-37-27(20-41)11-10-12-33(37)43(39(32)35)34(19-29)38(26)40/h10-19,21-23H,1-9H3/q+1. The Bertz CT molecular complexity index is 2280. The van der Waals surface area contributed by atoms with Gasteiger partial charge in [-0.05, 0) is 106 Å². The number of aromatic nitrogens is 2. The Labute approximate surface area is 254 Å². The van der Waals surface area contributed by atoms with Crippen LogP contribution in [-0.4, -0.2) is 4.40 Å². The van der Waals surface area contributed by atoms with Crippen LogP contribution in [0.4, 0.5) is 0 Å². The number of nitrogens with zero attached hydrogens (tertiary/aromatic N) is 3. The highest BCUT2D eigenvalue weighted by Crippen LogP contribution is 2.45. The molecule has 0 unspecified atom stereocenters. The monoisotopic (exact) mass is 562 g/mol. The topological polar surface area (TPSA) is 32.1 Å². The minimum absolute atomic E-state index is 0.394. The Morgan fingerprint density at radius 1 is 0.767 bits per heavy atom. The molecule has 7 aromatic rings. The van der Waals surface area contributed by atoms with Crippen molar-refractivity contribution < 1.29 is 4.57 Å². The first-order chi connectivity index (χ1) is 20.5. The van der Waals surface area contributed by atoms with E-state index in [1.807, 2.05) is 12.1 Å². The van der Waals surface area contributed by atoms with Crippen LogP contribution in [0.5, 0.6) is 0 Å². The summed E-state index contributed by atoms with van der Waals surface area (Å²) in [6, 6.07) is 23.0. The first-order valence-corrected chi connectivity index (χ1v) is 15.7. The maximum atomic E-state index is 10.2. The van der Waals surface area contributed by atoms with Crippen LogP contribution in [0.3, 0.4) is 0 Å². The minimum atomic E-state index is 0.394. The van der Waals surface area contributed by atoms with E-state index < -0.39 is 0 Å². The van der Waals surface area contributed by atoms with Gasteiger partial charge < -0.3 is 4.40 Å². The van der Waals surface area contributed by atoms with Gasteiger partial charge in [0.1, 0.15) is 7.05 Å². The van der Waals surface area contributed by atoms with E-state index in [2.05, 4.69) is 126 Å². The lowest BCUT2D eigenvalue weighted by Crippen LogP contribution is -2.29. The van der Waals surface area contributed by atoms with Gasteiger partial charge in [0.05, 0.1) is 39.0 Å². The van der Waals surface area contributed by atoms with Crippen molar-refractivity contribution in [1.29, 1.82) is 5.26 Å². The fourth-order valence-electron chi connectivity index (χ4n) is 7.48. The minimum Gasteiger partial charge on any atom is -0.307 e. The Balaban J connectivity index is 1.77. The predicted octanol–water partition coefficient (Wildman–Crippen LogP) is 10.3. The molecule has 0 atom stereocenters. The van der Waals surface area contributed by atoms with Crippen LogP contribution in [0, 0.1) is 25.2 Å². The van der Waals surface area contributed by atoms with Crippen molar-refractivity contribution in [2.24, 2.45) is 7.05 Å². The summed E-state index contributed by atoms with van der Waals surface area (Å²) < 4.78 is 4.74.